The van der Waals surface area contributed by atoms with Crippen molar-refractivity contribution in [3.63, 3.8) is 0 Å². The molecule has 0 aromatic heterocycles. The predicted molar refractivity (Wildman–Crippen MR) is 127 cm³/mol. The molecule has 1 heterocycles. The van der Waals surface area contributed by atoms with Crippen molar-refractivity contribution in [1.82, 2.24) is 15.1 Å². The monoisotopic (exact) mass is 548 g/mol. The molecule has 1 aliphatic carbocycles. The second-order valence-corrected chi connectivity index (χ2v) is 9.75. The molecule has 35 heavy (non-hydrogen) atoms. The number of nitrogens with one attached hydrogen (secondary N) is 2. The zero-order valence-electron chi connectivity index (χ0n) is 19.0. The van der Waals surface area contributed by atoms with Gasteiger partial charge in [-0.1, -0.05) is 36.4 Å². The molecule has 1 aliphatic heterocycles. The van der Waals surface area contributed by atoms with Crippen molar-refractivity contribution in [2.75, 3.05) is 18.9 Å². The Morgan fingerprint density at radius 1 is 1.17 bits per heavy atom. The summed E-state index contributed by atoms with van der Waals surface area (Å²) in [5.74, 6) is -2.55. The van der Waals surface area contributed by atoms with E-state index in [-0.39, 0.29) is 12.3 Å². The number of urea groups is 1. The Labute approximate surface area is 208 Å². The minimum absolute atomic E-state index is 0.283. The Hall–Kier alpha value is -3.34. The van der Waals surface area contributed by atoms with E-state index in [0.717, 1.165) is 16.0 Å². The molecule has 2 aromatic rings. The van der Waals surface area contributed by atoms with Crippen LogP contribution >= 0.6 is 15.9 Å². The topological polar surface area (TPSA) is 98.8 Å². The number of halogens is 3. The van der Waals surface area contributed by atoms with Crippen molar-refractivity contribution in [3.05, 3.63) is 65.2 Å². The number of rotatable bonds is 6. The van der Waals surface area contributed by atoms with Gasteiger partial charge in [-0.05, 0) is 35.7 Å². The molecule has 1 saturated heterocycles. The summed E-state index contributed by atoms with van der Waals surface area (Å²) < 4.78 is 27.7. The normalized spacial score (nSPS) is 20.0. The molecular weight excluding hydrogens is 526 g/mol. The maximum atomic E-state index is 13.8. The van der Waals surface area contributed by atoms with Gasteiger partial charge < -0.3 is 15.1 Å². The highest BCUT2D eigenvalue weighted by atomic mass is 79.9. The fraction of sp³-hybridized carbons (Fsp3) is 0.333. The van der Waals surface area contributed by atoms with E-state index in [4.69, 9.17) is 0 Å². The van der Waals surface area contributed by atoms with Gasteiger partial charge in [0.05, 0.1) is 6.04 Å². The van der Waals surface area contributed by atoms with Gasteiger partial charge in [0.1, 0.15) is 12.1 Å². The Balaban J connectivity index is 1.51. The van der Waals surface area contributed by atoms with Crippen LogP contribution in [0.2, 0.25) is 0 Å². The van der Waals surface area contributed by atoms with E-state index in [1.165, 1.54) is 4.90 Å². The van der Waals surface area contributed by atoms with E-state index in [0.29, 0.717) is 17.7 Å². The number of nitrogens with zero attached hydrogens (tertiary/aromatic N) is 2. The number of hydrogen-bond donors (Lipinski definition) is 2. The van der Waals surface area contributed by atoms with Crippen molar-refractivity contribution >= 4 is 45.4 Å². The van der Waals surface area contributed by atoms with E-state index in [1.807, 2.05) is 0 Å². The van der Waals surface area contributed by atoms with E-state index >= 15 is 0 Å². The molecule has 8 nitrogen and oxygen atoms in total. The van der Waals surface area contributed by atoms with Gasteiger partial charge in [-0.15, -0.1) is 0 Å². The standard InChI is InChI=1S/C24H23BrF2N4O4/c1-14(15-6-4-3-5-7-15)31(21(34)24(25,26)27)13-19(32)28-18-9-8-16-11-23(12-17(16)10-18)20(33)29-22(35)30(23)2/h3-10,14H,11-13H2,1-2H3,(H,28,32)(H,29,33,35)/t14-,23+/m1/s1. The van der Waals surface area contributed by atoms with E-state index in [1.54, 1.807) is 62.5 Å². The van der Waals surface area contributed by atoms with E-state index < -0.39 is 40.8 Å². The Bertz CT molecular complexity index is 1200. The van der Waals surface area contributed by atoms with Gasteiger partial charge in [-0.3, -0.25) is 19.7 Å². The van der Waals surface area contributed by atoms with Crippen LogP contribution in [0.25, 0.3) is 0 Å². The summed E-state index contributed by atoms with van der Waals surface area (Å²) in [4.78, 5) is 48.0. The number of imide groups is 1. The van der Waals surface area contributed by atoms with Crippen LogP contribution in [0.1, 0.15) is 29.7 Å². The Kier molecular flexibility index (Phi) is 6.39. The SMILES string of the molecule is C[C@H](c1ccccc1)N(CC(=O)Nc1ccc2c(c1)C[C@@]1(C2)C(=O)NC(=O)N1C)C(=O)C(F)(F)Br. The molecule has 2 atom stereocenters. The average Bonchev–Trinajstić information content (AvgIpc) is 3.29. The van der Waals surface area contributed by atoms with E-state index in [9.17, 15) is 28.0 Å². The smallest absolute Gasteiger partial charge is 0.325 e. The number of likely N-dealkylation sites (N-methyl/N-ethyl adjacent to an activating group) is 1. The number of carbonyl (C=O) groups excluding carboxylic acids is 4. The third-order valence-corrected chi connectivity index (χ3v) is 6.95. The van der Waals surface area contributed by atoms with Crippen LogP contribution in [0.3, 0.4) is 0 Å². The van der Waals surface area contributed by atoms with Gasteiger partial charge in [0.15, 0.2) is 0 Å². The third kappa shape index (κ3) is 4.64. The summed E-state index contributed by atoms with van der Waals surface area (Å²) in [6.45, 7) is 0.968. The number of carbonyl (C=O) groups is 4. The van der Waals surface area contributed by atoms with Crippen LogP contribution in [0, 0.1) is 0 Å². The quantitative estimate of drug-likeness (QED) is 0.427. The molecule has 184 valence electrons. The third-order valence-electron chi connectivity index (χ3n) is 6.61. The molecule has 5 amide bonds. The van der Waals surface area contributed by atoms with Crippen LogP contribution < -0.4 is 10.6 Å². The Morgan fingerprint density at radius 3 is 2.43 bits per heavy atom. The van der Waals surface area contributed by atoms with E-state index in [2.05, 4.69) is 26.6 Å². The van der Waals surface area contributed by atoms with Crippen LogP contribution in [0.5, 0.6) is 0 Å². The number of hydrogen-bond acceptors (Lipinski definition) is 4. The highest BCUT2D eigenvalue weighted by Gasteiger charge is 2.54. The molecule has 4 rings (SSSR count). The lowest BCUT2D eigenvalue weighted by atomic mass is 9.95. The van der Waals surface area contributed by atoms with Gasteiger partial charge in [-0.2, -0.15) is 8.78 Å². The molecule has 11 heteroatoms. The molecule has 2 aromatic carbocycles. The lowest BCUT2D eigenvalue weighted by Gasteiger charge is -2.30. The fourth-order valence-electron chi connectivity index (χ4n) is 4.59. The average molecular weight is 549 g/mol. The summed E-state index contributed by atoms with van der Waals surface area (Å²) in [6.07, 6.45) is 0.632. The van der Waals surface area contributed by atoms with Gasteiger partial charge in [0.25, 0.3) is 5.91 Å². The summed E-state index contributed by atoms with van der Waals surface area (Å²) in [5.41, 5.74) is 1.65. The first kappa shape index (κ1) is 24.8. The minimum atomic E-state index is -3.83. The largest absolute Gasteiger partial charge is 0.378 e. The number of benzene rings is 2. The molecule has 1 spiro atoms. The zero-order valence-corrected chi connectivity index (χ0v) is 20.6. The highest BCUT2D eigenvalue weighted by molar-refractivity contribution is 9.10. The van der Waals surface area contributed by atoms with Crippen molar-refractivity contribution in [1.29, 1.82) is 0 Å². The first-order valence-corrected chi connectivity index (χ1v) is 11.7. The first-order chi connectivity index (χ1) is 16.4. The molecule has 1 fully saturated rings. The summed E-state index contributed by atoms with van der Waals surface area (Å²) in [7, 11) is 1.56. The minimum Gasteiger partial charge on any atom is -0.325 e. The van der Waals surface area contributed by atoms with Crippen LogP contribution in [-0.4, -0.2) is 57.5 Å². The molecule has 0 bridgehead atoms. The Morgan fingerprint density at radius 2 is 1.83 bits per heavy atom. The zero-order chi connectivity index (χ0) is 25.5. The number of fused-ring (bicyclic) bond motifs is 1. The number of anilines is 1. The number of amides is 5. The maximum Gasteiger partial charge on any atom is 0.378 e. The summed E-state index contributed by atoms with van der Waals surface area (Å²) in [5, 5.41) is 4.98. The fourth-order valence-corrected chi connectivity index (χ4v) is 4.82. The van der Waals surface area contributed by atoms with Crippen LogP contribution in [0.4, 0.5) is 19.3 Å². The molecule has 2 aliphatic rings. The molecular formula is C24H23BrF2N4O4. The van der Waals surface area contributed by atoms with Crippen molar-refractivity contribution in [2.45, 2.75) is 36.2 Å². The molecule has 0 unspecified atom stereocenters. The lowest BCUT2D eigenvalue weighted by molar-refractivity contribution is -0.149. The second-order valence-electron chi connectivity index (χ2n) is 8.75. The van der Waals surface area contributed by atoms with Crippen molar-refractivity contribution < 1.29 is 28.0 Å². The van der Waals surface area contributed by atoms with Gasteiger partial charge in [-0.25, -0.2) is 4.79 Å². The van der Waals surface area contributed by atoms with Gasteiger partial charge in [0, 0.05) is 41.5 Å². The highest BCUT2D eigenvalue weighted by Crippen LogP contribution is 2.38. The van der Waals surface area contributed by atoms with Crippen LogP contribution in [-0.2, 0) is 27.2 Å². The van der Waals surface area contributed by atoms with Crippen LogP contribution in [0.15, 0.2) is 48.5 Å². The summed E-state index contributed by atoms with van der Waals surface area (Å²) in [6, 6.07) is 12.4. The van der Waals surface area contributed by atoms with Crippen molar-refractivity contribution in [2.24, 2.45) is 0 Å². The van der Waals surface area contributed by atoms with Crippen molar-refractivity contribution in [3.8, 4) is 0 Å². The first-order valence-electron chi connectivity index (χ1n) is 10.9. The molecule has 0 saturated carbocycles. The molecule has 0 radical (unpaired) electrons. The number of alkyl halides is 3. The molecule has 2 N–H and O–H groups in total. The second kappa shape index (κ2) is 9.03. The predicted octanol–water partition coefficient (Wildman–Crippen LogP) is 3.22. The van der Waals surface area contributed by atoms with Gasteiger partial charge in [0.2, 0.25) is 5.91 Å². The maximum absolute atomic E-state index is 13.8. The summed E-state index contributed by atoms with van der Waals surface area (Å²) >= 11 is 2.10. The van der Waals surface area contributed by atoms with Gasteiger partial charge >= 0.3 is 16.8 Å². The lowest BCUT2D eigenvalue weighted by Crippen LogP contribution is -2.48.